The molecule has 0 nitrogen and oxygen atoms in total. The van der Waals surface area contributed by atoms with Crippen LogP contribution in [0.5, 0.6) is 0 Å². The molecule has 1 fully saturated rings. The highest BCUT2D eigenvalue weighted by atomic mass is 31.1. The van der Waals surface area contributed by atoms with Crippen molar-refractivity contribution in [1.29, 1.82) is 0 Å². The Morgan fingerprint density at radius 2 is 1.16 bits per heavy atom. The van der Waals surface area contributed by atoms with Crippen LogP contribution in [0.25, 0.3) is 0 Å². The van der Waals surface area contributed by atoms with Gasteiger partial charge >= 0.3 is 0 Å². The van der Waals surface area contributed by atoms with E-state index in [1.165, 1.54) is 17.5 Å². The molecule has 3 rings (SSSR count). The van der Waals surface area contributed by atoms with Gasteiger partial charge in [-0.2, -0.15) is 0 Å². The number of hydrogen-bond acceptors (Lipinski definition) is 0. The molecule has 1 aliphatic carbocycles. The van der Waals surface area contributed by atoms with Gasteiger partial charge in [0.05, 0.1) is 0 Å². The van der Waals surface area contributed by atoms with E-state index in [0.717, 1.165) is 20.6 Å². The van der Waals surface area contributed by atoms with Crippen molar-refractivity contribution in [3.05, 3.63) is 71.8 Å². The number of benzene rings is 2. The molecule has 0 N–H and O–H groups in total. The lowest BCUT2D eigenvalue weighted by atomic mass is 9.40. The third-order valence-electron chi connectivity index (χ3n) is 5.64. The first-order valence-electron chi connectivity index (χ1n) is 9.53. The summed E-state index contributed by atoms with van der Waals surface area (Å²) in [6.45, 7) is 14.5. The van der Waals surface area contributed by atoms with Gasteiger partial charge in [0.15, 0.2) is 6.43 Å². The monoisotopic (exact) mass is 350 g/mol. The fraction of sp³-hybridized carbons (Fsp3) is 0.478. The molecule has 2 atom stereocenters. The minimum Gasteiger partial charge on any atom is -0.149 e. The van der Waals surface area contributed by atoms with Crippen LogP contribution in [0.2, 0.25) is 10.6 Å². The van der Waals surface area contributed by atoms with Crippen LogP contribution in [-0.4, -0.2) is 12.1 Å². The lowest BCUT2D eigenvalue weighted by Crippen LogP contribution is -2.32. The molecule has 2 unspecified atom stereocenters. The molecular weight excluding hydrogens is 318 g/mol. The molecule has 2 heteroatoms. The Morgan fingerprint density at radius 1 is 0.760 bits per heavy atom. The van der Waals surface area contributed by atoms with E-state index in [1.807, 2.05) is 0 Å². The second-order valence-electron chi connectivity index (χ2n) is 9.79. The van der Waals surface area contributed by atoms with Gasteiger partial charge in [-0.1, -0.05) is 113 Å². The van der Waals surface area contributed by atoms with Gasteiger partial charge in [0.1, 0.15) is 0 Å². The fourth-order valence-corrected chi connectivity index (χ4v) is 7.20. The molecule has 0 aromatic heterocycles. The molecule has 0 spiro atoms. The van der Waals surface area contributed by atoms with E-state index < -0.39 is 0 Å². The molecule has 1 saturated carbocycles. The molecule has 0 saturated heterocycles. The van der Waals surface area contributed by atoms with E-state index in [0.29, 0.717) is 10.6 Å². The van der Waals surface area contributed by atoms with Gasteiger partial charge in [-0.25, -0.2) is 0 Å². The largest absolute Gasteiger partial charge is 0.178 e. The SMILES string of the molecule is CC(C)(C)B(PC1CC1(c1ccccc1)c1ccccc1)C(C)(C)C. The van der Waals surface area contributed by atoms with Crippen molar-refractivity contribution in [3.8, 4) is 0 Å². The predicted molar refractivity (Wildman–Crippen MR) is 116 cm³/mol. The summed E-state index contributed by atoms with van der Waals surface area (Å²) in [6, 6.07) is 22.4. The van der Waals surface area contributed by atoms with Crippen molar-refractivity contribution < 1.29 is 0 Å². The topological polar surface area (TPSA) is 0 Å². The number of rotatable bonds is 4. The Morgan fingerprint density at radius 3 is 1.52 bits per heavy atom. The highest BCUT2D eigenvalue weighted by Gasteiger charge is 2.58. The zero-order valence-electron chi connectivity index (χ0n) is 16.6. The summed E-state index contributed by atoms with van der Waals surface area (Å²) in [5.74, 6) is 0. The fourth-order valence-electron chi connectivity index (χ4n) is 4.74. The summed E-state index contributed by atoms with van der Waals surface area (Å²) in [7, 11) is 0.996. The average molecular weight is 350 g/mol. The first-order valence-corrected chi connectivity index (χ1v) is 10.7. The average Bonchev–Trinajstić information content (AvgIpc) is 3.28. The molecule has 1 aliphatic rings. The first kappa shape index (κ1) is 18.7. The summed E-state index contributed by atoms with van der Waals surface area (Å²) in [6.07, 6.45) is 2.03. The van der Waals surface area contributed by atoms with Gasteiger partial charge in [-0.05, 0) is 23.2 Å². The Bertz CT molecular complexity index is 641. The highest BCUT2D eigenvalue weighted by Crippen LogP contribution is 2.66. The van der Waals surface area contributed by atoms with E-state index in [2.05, 4.69) is 102 Å². The Hall–Kier alpha value is -1.07. The summed E-state index contributed by atoms with van der Waals surface area (Å²) in [4.78, 5) is 0. The first-order chi connectivity index (χ1) is 11.7. The molecule has 0 amide bonds. The maximum atomic E-state index is 2.42. The van der Waals surface area contributed by atoms with Crippen molar-refractivity contribution in [3.63, 3.8) is 0 Å². The van der Waals surface area contributed by atoms with Gasteiger partial charge in [-0.3, -0.25) is 0 Å². The van der Waals surface area contributed by atoms with E-state index in [1.54, 1.807) is 0 Å². The van der Waals surface area contributed by atoms with E-state index in [4.69, 9.17) is 0 Å². The normalized spacial score (nSPS) is 20.0. The van der Waals surface area contributed by atoms with Gasteiger partial charge in [0.25, 0.3) is 0 Å². The van der Waals surface area contributed by atoms with Crippen LogP contribution >= 0.6 is 8.46 Å². The Labute approximate surface area is 156 Å². The van der Waals surface area contributed by atoms with Crippen LogP contribution < -0.4 is 0 Å². The number of hydrogen-bond donors (Lipinski definition) is 0. The summed E-state index contributed by atoms with van der Waals surface area (Å²) in [5.41, 5.74) is 4.00. The van der Waals surface area contributed by atoms with Crippen molar-refractivity contribution in [1.82, 2.24) is 0 Å². The van der Waals surface area contributed by atoms with Gasteiger partial charge in [-0.15, -0.1) is 8.46 Å². The van der Waals surface area contributed by atoms with Gasteiger partial charge in [0, 0.05) is 5.41 Å². The Kier molecular flexibility index (Phi) is 4.93. The zero-order chi connectivity index (χ0) is 18.3. The van der Waals surface area contributed by atoms with Crippen LogP contribution in [-0.2, 0) is 5.41 Å². The van der Waals surface area contributed by atoms with Crippen molar-refractivity contribution in [2.24, 2.45) is 0 Å². The molecule has 132 valence electrons. The predicted octanol–water partition coefficient (Wildman–Crippen LogP) is 7.02. The minimum absolute atomic E-state index is 0.232. The van der Waals surface area contributed by atoms with Crippen LogP contribution in [0.1, 0.15) is 59.1 Å². The molecule has 25 heavy (non-hydrogen) atoms. The second-order valence-corrected chi connectivity index (χ2v) is 11.4. The lowest BCUT2D eigenvalue weighted by molar-refractivity contribution is 0.661. The molecular formula is C23H32BP. The summed E-state index contributed by atoms with van der Waals surface area (Å²) >= 11 is 0. The molecule has 0 radical (unpaired) electrons. The maximum absolute atomic E-state index is 2.42. The van der Waals surface area contributed by atoms with Crippen LogP contribution in [0.4, 0.5) is 0 Å². The third kappa shape index (κ3) is 3.73. The Balaban J connectivity index is 1.96. The lowest BCUT2D eigenvalue weighted by Gasteiger charge is -2.38. The smallest absolute Gasteiger partial charge is 0.149 e. The van der Waals surface area contributed by atoms with Crippen LogP contribution in [0.3, 0.4) is 0 Å². The third-order valence-corrected chi connectivity index (χ3v) is 8.80. The van der Waals surface area contributed by atoms with E-state index in [-0.39, 0.29) is 5.41 Å². The highest BCUT2D eigenvalue weighted by molar-refractivity contribution is 7.78. The molecule has 0 heterocycles. The molecule has 0 bridgehead atoms. The molecule has 2 aromatic rings. The summed E-state index contributed by atoms with van der Waals surface area (Å²) < 4.78 is 0. The zero-order valence-corrected chi connectivity index (χ0v) is 17.6. The van der Waals surface area contributed by atoms with Crippen molar-refractivity contribution in [2.75, 3.05) is 0 Å². The van der Waals surface area contributed by atoms with E-state index in [9.17, 15) is 0 Å². The van der Waals surface area contributed by atoms with E-state index >= 15 is 0 Å². The van der Waals surface area contributed by atoms with Gasteiger partial charge in [0.2, 0.25) is 0 Å². The van der Waals surface area contributed by atoms with Gasteiger partial charge < -0.3 is 0 Å². The van der Waals surface area contributed by atoms with Crippen LogP contribution in [0, 0.1) is 0 Å². The molecule has 2 aromatic carbocycles. The van der Waals surface area contributed by atoms with Crippen molar-refractivity contribution in [2.45, 2.75) is 69.7 Å². The quantitative estimate of drug-likeness (QED) is 0.411. The second kappa shape index (κ2) is 6.59. The van der Waals surface area contributed by atoms with Crippen molar-refractivity contribution >= 4 is 14.9 Å². The summed E-state index contributed by atoms with van der Waals surface area (Å²) in [5, 5.41) is 0.691. The standard InChI is InChI=1S/C23H32BP/c1-21(2,3)24(22(4,5)6)25-20-17-23(20,18-13-9-7-10-14-18)19-15-11-8-12-16-19/h7-16,20,25H,17H2,1-6H3. The molecule has 0 aliphatic heterocycles. The maximum Gasteiger partial charge on any atom is 0.178 e. The minimum atomic E-state index is 0.232. The van der Waals surface area contributed by atoms with Crippen LogP contribution in [0.15, 0.2) is 60.7 Å².